The van der Waals surface area contributed by atoms with Crippen molar-refractivity contribution in [2.75, 3.05) is 50.7 Å². The van der Waals surface area contributed by atoms with Crippen LogP contribution in [0, 0.1) is 11.6 Å². The zero-order valence-corrected chi connectivity index (χ0v) is 22.1. The van der Waals surface area contributed by atoms with E-state index in [1.165, 1.54) is 12.1 Å². The minimum Gasteiger partial charge on any atom is -0.311 e. The maximum Gasteiger partial charge on any atom is 0.261 e. The van der Waals surface area contributed by atoms with Crippen molar-refractivity contribution in [3.63, 3.8) is 0 Å². The molecule has 2 aromatic rings. The predicted molar refractivity (Wildman–Crippen MR) is 138 cm³/mol. The molecule has 10 heteroatoms. The van der Waals surface area contributed by atoms with Gasteiger partial charge < -0.3 is 10.2 Å². The van der Waals surface area contributed by atoms with Gasteiger partial charge in [-0.2, -0.15) is 0 Å². The lowest BCUT2D eigenvalue weighted by Crippen LogP contribution is -2.60. The molecule has 1 amide bonds. The number of halogens is 4. The minimum absolute atomic E-state index is 0.0476. The van der Waals surface area contributed by atoms with Gasteiger partial charge in [0, 0.05) is 86.6 Å². The second-order valence-electron chi connectivity index (χ2n) is 11.7. The number of hydrogen-bond acceptors (Lipinski definition) is 5. The number of benzene rings is 1. The number of carbonyl (C=O) groups is 1. The zero-order valence-electron chi connectivity index (χ0n) is 22.1. The van der Waals surface area contributed by atoms with Gasteiger partial charge in [0.15, 0.2) is 0 Å². The highest BCUT2D eigenvalue weighted by Gasteiger charge is 2.42. The fourth-order valence-electron chi connectivity index (χ4n) is 5.90. The number of piperazine rings is 1. The van der Waals surface area contributed by atoms with Gasteiger partial charge in [0.2, 0.25) is 5.91 Å². The highest BCUT2D eigenvalue weighted by atomic mass is 19.3. The molecule has 0 aliphatic carbocycles. The van der Waals surface area contributed by atoms with Crippen LogP contribution in [0.4, 0.5) is 23.2 Å². The normalized spacial score (nSPS) is 25.1. The Morgan fingerprint density at radius 3 is 2.68 bits per heavy atom. The fraction of sp³-hybridized carbons (Fsp3) is 0.571. The first-order valence-corrected chi connectivity index (χ1v) is 13.2. The summed E-state index contributed by atoms with van der Waals surface area (Å²) in [5.74, 6) is -3.97. The molecule has 0 saturated carbocycles. The van der Waals surface area contributed by atoms with Crippen LogP contribution in [0.3, 0.4) is 0 Å². The summed E-state index contributed by atoms with van der Waals surface area (Å²) >= 11 is 0. The molecule has 2 atom stereocenters. The topological polar surface area (TPSA) is 51.7 Å². The fourth-order valence-corrected chi connectivity index (χ4v) is 5.90. The highest BCUT2D eigenvalue weighted by molar-refractivity contribution is 5.97. The second kappa shape index (κ2) is 10.2. The lowest BCUT2D eigenvalue weighted by molar-refractivity contribution is -0.120. The van der Waals surface area contributed by atoms with Crippen molar-refractivity contribution >= 4 is 11.6 Å². The van der Waals surface area contributed by atoms with E-state index in [2.05, 4.69) is 36.0 Å². The number of nitrogens with zero attached hydrogens (tertiary/aromatic N) is 4. The number of anilines is 1. The van der Waals surface area contributed by atoms with E-state index >= 15 is 0 Å². The van der Waals surface area contributed by atoms with Crippen molar-refractivity contribution < 1.29 is 22.4 Å². The summed E-state index contributed by atoms with van der Waals surface area (Å²) in [5.41, 5.74) is 2.31. The molecule has 3 aliphatic heterocycles. The molecular formula is C28H35F4N5O. The van der Waals surface area contributed by atoms with Crippen LogP contribution < -0.4 is 10.2 Å². The number of rotatable bonds is 6. The largest absolute Gasteiger partial charge is 0.311 e. The first-order chi connectivity index (χ1) is 17.9. The molecule has 1 aromatic carbocycles. The van der Waals surface area contributed by atoms with E-state index in [9.17, 15) is 22.4 Å². The summed E-state index contributed by atoms with van der Waals surface area (Å²) in [5, 5.41) is 3.42. The van der Waals surface area contributed by atoms with Gasteiger partial charge in [0.1, 0.15) is 11.6 Å². The Kier molecular flexibility index (Phi) is 7.26. The van der Waals surface area contributed by atoms with Gasteiger partial charge in [-0.1, -0.05) is 19.9 Å². The number of aromatic nitrogens is 1. The van der Waals surface area contributed by atoms with E-state index in [1.54, 1.807) is 16.0 Å². The minimum atomic E-state index is -2.65. The van der Waals surface area contributed by atoms with Gasteiger partial charge >= 0.3 is 0 Å². The Hall–Kier alpha value is -2.56. The van der Waals surface area contributed by atoms with Crippen molar-refractivity contribution in [3.05, 3.63) is 58.9 Å². The first kappa shape index (κ1) is 27.0. The number of amides is 1. The quantitative estimate of drug-likeness (QED) is 0.576. The Morgan fingerprint density at radius 1 is 1.18 bits per heavy atom. The van der Waals surface area contributed by atoms with Crippen molar-refractivity contribution in [1.29, 1.82) is 0 Å². The van der Waals surface area contributed by atoms with Gasteiger partial charge in [0.25, 0.3) is 5.92 Å². The predicted octanol–water partition coefficient (Wildman–Crippen LogP) is 3.58. The molecular weight excluding hydrogens is 498 g/mol. The van der Waals surface area contributed by atoms with Gasteiger partial charge in [-0.05, 0) is 24.6 Å². The third kappa shape index (κ3) is 5.72. The summed E-state index contributed by atoms with van der Waals surface area (Å²) in [6, 6.07) is 5.45. The van der Waals surface area contributed by atoms with Crippen LogP contribution in [0.5, 0.6) is 0 Å². The van der Waals surface area contributed by atoms with Crippen LogP contribution in [0.1, 0.15) is 44.0 Å². The standard InChI is InChI=1S/C28H35F4N5O/c1-18-13-36(22(11-33-18)14-35-7-6-28(31,32)17-35)15-26(38)37-16-27(2,3)23-12-34-21(10-25(23)37)8-19-4-5-20(29)9-24(19)30/h4-5,9-10,12,18,22,33H,6-8,11,13-17H2,1-3H3/t18-,22-/m1/s1. The zero-order chi connectivity index (χ0) is 27.2. The number of likely N-dealkylation sites (tertiary alicyclic amines) is 1. The molecule has 0 spiro atoms. The van der Waals surface area contributed by atoms with Crippen LogP contribution in [0.25, 0.3) is 0 Å². The van der Waals surface area contributed by atoms with Crippen molar-refractivity contribution in [1.82, 2.24) is 20.1 Å². The van der Waals surface area contributed by atoms with Crippen LogP contribution >= 0.6 is 0 Å². The van der Waals surface area contributed by atoms with E-state index in [0.29, 0.717) is 44.0 Å². The third-order valence-corrected chi connectivity index (χ3v) is 7.98. The van der Waals surface area contributed by atoms with Crippen molar-refractivity contribution in [2.45, 2.75) is 57.0 Å². The molecule has 4 heterocycles. The average molecular weight is 534 g/mol. The molecule has 2 saturated heterocycles. The van der Waals surface area contributed by atoms with E-state index in [0.717, 1.165) is 17.3 Å². The number of nitrogens with one attached hydrogen (secondary N) is 1. The number of alkyl halides is 2. The van der Waals surface area contributed by atoms with Gasteiger partial charge in [0.05, 0.1) is 18.8 Å². The summed E-state index contributed by atoms with van der Waals surface area (Å²) in [6.07, 6.45) is 1.81. The van der Waals surface area contributed by atoms with Crippen LogP contribution in [0.2, 0.25) is 0 Å². The lowest BCUT2D eigenvalue weighted by atomic mass is 9.88. The number of hydrogen-bond donors (Lipinski definition) is 1. The van der Waals surface area contributed by atoms with E-state index in [1.807, 2.05) is 6.07 Å². The molecule has 5 rings (SSSR count). The average Bonchev–Trinajstić information content (AvgIpc) is 3.32. The van der Waals surface area contributed by atoms with Crippen LogP contribution in [-0.2, 0) is 16.6 Å². The molecule has 1 N–H and O–H groups in total. The molecule has 2 fully saturated rings. The van der Waals surface area contributed by atoms with Crippen LogP contribution in [0.15, 0.2) is 30.5 Å². The van der Waals surface area contributed by atoms with Crippen molar-refractivity contribution in [2.24, 2.45) is 0 Å². The third-order valence-electron chi connectivity index (χ3n) is 7.98. The maximum atomic E-state index is 14.3. The Morgan fingerprint density at radius 2 is 1.97 bits per heavy atom. The number of fused-ring (bicyclic) bond motifs is 1. The monoisotopic (exact) mass is 533 g/mol. The van der Waals surface area contributed by atoms with E-state index in [-0.39, 0.29) is 49.3 Å². The Labute approximate surface area is 221 Å². The van der Waals surface area contributed by atoms with Gasteiger partial charge in [-0.15, -0.1) is 0 Å². The second-order valence-corrected chi connectivity index (χ2v) is 11.7. The van der Waals surface area contributed by atoms with E-state index < -0.39 is 17.6 Å². The van der Waals surface area contributed by atoms with E-state index in [4.69, 9.17) is 0 Å². The molecule has 206 valence electrons. The summed E-state index contributed by atoms with van der Waals surface area (Å²) in [4.78, 5) is 23.9. The van der Waals surface area contributed by atoms with Gasteiger partial charge in [-0.3, -0.25) is 19.6 Å². The summed E-state index contributed by atoms with van der Waals surface area (Å²) in [6.45, 7) is 8.74. The molecule has 0 bridgehead atoms. The number of carbonyl (C=O) groups excluding carboxylic acids is 1. The number of pyridine rings is 1. The SMILES string of the molecule is C[C@@H]1CN(CC(=O)N2CC(C)(C)c3cnc(Cc4ccc(F)cc4F)cc32)[C@@H](CN2CCC(F)(F)C2)CN1. The molecule has 3 aliphatic rings. The lowest BCUT2D eigenvalue weighted by Gasteiger charge is -2.41. The molecule has 0 unspecified atom stereocenters. The maximum absolute atomic E-state index is 14.3. The smallest absolute Gasteiger partial charge is 0.261 e. The molecule has 6 nitrogen and oxygen atoms in total. The Bertz CT molecular complexity index is 1210. The summed E-state index contributed by atoms with van der Waals surface area (Å²) < 4.78 is 55.2. The first-order valence-electron chi connectivity index (χ1n) is 13.2. The van der Waals surface area contributed by atoms with Gasteiger partial charge in [-0.25, -0.2) is 17.6 Å². The molecule has 0 radical (unpaired) electrons. The van der Waals surface area contributed by atoms with Crippen molar-refractivity contribution in [3.8, 4) is 0 Å². The molecule has 1 aromatic heterocycles. The Balaban J connectivity index is 1.33. The molecule has 38 heavy (non-hydrogen) atoms. The van der Waals surface area contributed by atoms with Crippen LogP contribution in [-0.4, -0.2) is 84.5 Å². The highest BCUT2D eigenvalue weighted by Crippen LogP contribution is 2.40. The summed E-state index contributed by atoms with van der Waals surface area (Å²) in [7, 11) is 0.